The molecule has 1 heterocycles. The topological polar surface area (TPSA) is 105 Å². The number of nitrogens with one attached hydrogen (secondary N) is 1. The summed E-state index contributed by atoms with van der Waals surface area (Å²) in [4.78, 5) is 27.5. The van der Waals surface area contributed by atoms with Crippen LogP contribution in [0.15, 0.2) is 60.8 Å². The Morgan fingerprint density at radius 1 is 1.21 bits per heavy atom. The molecule has 7 nitrogen and oxygen atoms in total. The van der Waals surface area contributed by atoms with E-state index < -0.39 is 11.0 Å². The molecule has 0 fully saturated rings. The average molecular weight is 391 g/mol. The number of phenols is 1. The minimum atomic E-state index is -0.768. The largest absolute Gasteiger partial charge is 0.505 e. The molecule has 1 aromatic heterocycles. The number of fused-ring (bicyclic) bond motifs is 1. The van der Waals surface area contributed by atoms with Crippen molar-refractivity contribution in [3.8, 4) is 5.75 Å². The van der Waals surface area contributed by atoms with Gasteiger partial charge in [-0.1, -0.05) is 56.3 Å². The fourth-order valence-electron chi connectivity index (χ4n) is 2.94. The molecule has 0 saturated heterocycles. The molecule has 0 aliphatic carbocycles. The molecule has 2 aromatic carbocycles. The molecule has 1 unspecified atom stereocenters. The highest BCUT2D eigenvalue weighted by Gasteiger charge is 2.25. The molecule has 29 heavy (non-hydrogen) atoms. The van der Waals surface area contributed by atoms with Gasteiger partial charge in [-0.25, -0.2) is 0 Å². The monoisotopic (exact) mass is 391 g/mol. The van der Waals surface area contributed by atoms with Crippen molar-refractivity contribution in [1.29, 1.82) is 0 Å². The normalized spacial score (nSPS) is 12.4. The summed E-state index contributed by atoms with van der Waals surface area (Å²) >= 11 is 0. The first-order valence-electron chi connectivity index (χ1n) is 9.17. The third-order valence-corrected chi connectivity index (χ3v) is 4.51. The van der Waals surface area contributed by atoms with Crippen LogP contribution in [0.1, 0.15) is 31.0 Å². The van der Waals surface area contributed by atoms with Crippen molar-refractivity contribution in [2.24, 2.45) is 5.92 Å². The van der Waals surface area contributed by atoms with E-state index in [1.807, 2.05) is 30.3 Å². The number of carbonyl (C=O) groups is 1. The predicted molar refractivity (Wildman–Crippen MR) is 111 cm³/mol. The van der Waals surface area contributed by atoms with Gasteiger partial charge in [0.05, 0.1) is 16.4 Å². The predicted octanol–water partition coefficient (Wildman–Crippen LogP) is 4.38. The van der Waals surface area contributed by atoms with Crippen LogP contribution in [0.2, 0.25) is 0 Å². The van der Waals surface area contributed by atoms with Gasteiger partial charge in [0.1, 0.15) is 11.3 Å². The number of hydrogen-bond acceptors (Lipinski definition) is 5. The molecule has 3 aromatic rings. The Morgan fingerprint density at radius 3 is 2.59 bits per heavy atom. The Balaban J connectivity index is 2.15. The van der Waals surface area contributed by atoms with E-state index in [1.165, 1.54) is 18.3 Å². The number of nitro benzene ring substituents is 1. The minimum Gasteiger partial charge on any atom is -0.505 e. The molecule has 0 aliphatic rings. The lowest BCUT2D eigenvalue weighted by Crippen LogP contribution is -2.31. The Kier molecular flexibility index (Phi) is 5.87. The van der Waals surface area contributed by atoms with Gasteiger partial charge >= 0.3 is 0 Å². The maximum atomic E-state index is 12.4. The van der Waals surface area contributed by atoms with E-state index in [9.17, 15) is 20.0 Å². The van der Waals surface area contributed by atoms with Gasteiger partial charge in [0.15, 0.2) is 0 Å². The quantitative estimate of drug-likeness (QED) is 0.479. The van der Waals surface area contributed by atoms with Crippen LogP contribution in [0, 0.1) is 16.0 Å². The second-order valence-electron chi connectivity index (χ2n) is 6.90. The number of phenolic OH excluding ortho intramolecular Hbond substituents is 1. The van der Waals surface area contributed by atoms with E-state index in [1.54, 1.807) is 32.1 Å². The van der Waals surface area contributed by atoms with Gasteiger partial charge in [0.25, 0.3) is 5.69 Å². The lowest BCUT2D eigenvalue weighted by atomic mass is 9.99. The highest BCUT2D eigenvalue weighted by molar-refractivity contribution is 5.94. The fourth-order valence-corrected chi connectivity index (χ4v) is 2.94. The number of hydrogen-bond donors (Lipinski definition) is 2. The number of nitro groups is 1. The third kappa shape index (κ3) is 4.40. The van der Waals surface area contributed by atoms with E-state index in [4.69, 9.17) is 0 Å². The van der Waals surface area contributed by atoms with Crippen molar-refractivity contribution in [3.63, 3.8) is 0 Å². The number of carbonyl (C=O) groups excluding carboxylic acids is 1. The van der Waals surface area contributed by atoms with Gasteiger partial charge < -0.3 is 10.4 Å². The molecule has 0 spiro atoms. The van der Waals surface area contributed by atoms with Crippen LogP contribution in [-0.2, 0) is 4.79 Å². The fraction of sp³-hybridized carbons (Fsp3) is 0.182. The highest BCUT2D eigenvalue weighted by atomic mass is 16.6. The van der Waals surface area contributed by atoms with Crippen molar-refractivity contribution in [3.05, 3.63) is 82.0 Å². The number of amides is 1. The molecular weight excluding hydrogens is 370 g/mol. The number of nitrogens with zero attached hydrogens (tertiary/aromatic N) is 2. The summed E-state index contributed by atoms with van der Waals surface area (Å²) in [6.07, 6.45) is 4.94. The summed E-state index contributed by atoms with van der Waals surface area (Å²) in [6, 6.07) is 13.1. The van der Waals surface area contributed by atoms with Crippen LogP contribution in [-0.4, -0.2) is 20.9 Å². The average Bonchev–Trinajstić information content (AvgIpc) is 2.72. The lowest BCUT2D eigenvalue weighted by Gasteiger charge is -2.19. The molecule has 0 radical (unpaired) electrons. The summed E-state index contributed by atoms with van der Waals surface area (Å²) < 4.78 is 0. The second-order valence-corrected chi connectivity index (χ2v) is 6.90. The van der Waals surface area contributed by atoms with Gasteiger partial charge in [-0.15, -0.1) is 0 Å². The van der Waals surface area contributed by atoms with E-state index >= 15 is 0 Å². The van der Waals surface area contributed by atoms with Crippen LogP contribution in [0.4, 0.5) is 5.69 Å². The number of pyridine rings is 1. The molecule has 7 heteroatoms. The first kappa shape index (κ1) is 20.0. The van der Waals surface area contributed by atoms with E-state index in [2.05, 4.69) is 10.3 Å². The zero-order valence-electron chi connectivity index (χ0n) is 16.1. The maximum absolute atomic E-state index is 12.4. The Bertz CT molecular complexity index is 1080. The van der Waals surface area contributed by atoms with Crippen LogP contribution < -0.4 is 5.32 Å². The third-order valence-electron chi connectivity index (χ3n) is 4.51. The first-order valence-corrected chi connectivity index (χ1v) is 9.17. The summed E-state index contributed by atoms with van der Waals surface area (Å²) in [6.45, 7) is 3.50. The maximum Gasteiger partial charge on any atom is 0.279 e. The first-order chi connectivity index (χ1) is 13.9. The van der Waals surface area contributed by atoms with Crippen LogP contribution in [0.25, 0.3) is 17.0 Å². The molecule has 0 bridgehead atoms. The molecule has 0 aliphatic heterocycles. The molecule has 0 saturated carbocycles. The van der Waals surface area contributed by atoms with Crippen LogP contribution in [0.5, 0.6) is 5.75 Å². The number of aromatic nitrogens is 1. The summed E-state index contributed by atoms with van der Waals surface area (Å²) in [5.74, 6) is -0.729. The van der Waals surface area contributed by atoms with E-state index in [0.717, 1.165) is 5.56 Å². The summed E-state index contributed by atoms with van der Waals surface area (Å²) in [5, 5.41) is 25.5. The van der Waals surface area contributed by atoms with Crippen molar-refractivity contribution < 1.29 is 14.8 Å². The Hall–Kier alpha value is -3.74. The van der Waals surface area contributed by atoms with Crippen molar-refractivity contribution in [1.82, 2.24) is 10.3 Å². The van der Waals surface area contributed by atoms with Crippen molar-refractivity contribution in [2.75, 3.05) is 0 Å². The molecule has 3 rings (SSSR count). The number of non-ortho nitro benzene ring substituents is 1. The minimum absolute atomic E-state index is 0.119. The highest BCUT2D eigenvalue weighted by Crippen LogP contribution is 2.38. The van der Waals surface area contributed by atoms with E-state index in [-0.39, 0.29) is 39.7 Å². The van der Waals surface area contributed by atoms with Gasteiger partial charge in [0.2, 0.25) is 5.91 Å². The Morgan fingerprint density at radius 2 is 1.93 bits per heavy atom. The summed E-state index contributed by atoms with van der Waals surface area (Å²) in [5.41, 5.74) is 1.04. The molecular formula is C22H21N3O4. The van der Waals surface area contributed by atoms with E-state index in [0.29, 0.717) is 0 Å². The van der Waals surface area contributed by atoms with Gasteiger partial charge in [-0.05, 0) is 17.7 Å². The van der Waals surface area contributed by atoms with Crippen molar-refractivity contribution >= 4 is 28.6 Å². The zero-order chi connectivity index (χ0) is 21.0. The Labute approximate surface area is 167 Å². The number of benzene rings is 2. The summed E-state index contributed by atoms with van der Waals surface area (Å²) in [7, 11) is 0. The number of rotatable bonds is 6. The SMILES string of the molecule is CC(C)C(=O)NC(C=Cc1ccccc1)c1cc([N+](=O)[O-])c2cccnc2c1O. The van der Waals surface area contributed by atoms with Gasteiger partial charge in [-0.3, -0.25) is 19.9 Å². The zero-order valence-corrected chi connectivity index (χ0v) is 16.1. The van der Waals surface area contributed by atoms with Crippen LogP contribution in [0.3, 0.4) is 0 Å². The van der Waals surface area contributed by atoms with Gasteiger partial charge in [0, 0.05) is 23.7 Å². The molecule has 1 amide bonds. The molecule has 1 atom stereocenters. The van der Waals surface area contributed by atoms with Crippen molar-refractivity contribution in [2.45, 2.75) is 19.9 Å². The van der Waals surface area contributed by atoms with Gasteiger partial charge in [-0.2, -0.15) is 0 Å². The standard InChI is InChI=1S/C22H21N3O4/c1-14(2)22(27)24-18(11-10-15-7-4-3-5-8-15)17-13-19(25(28)29)16-9-6-12-23-20(16)21(17)26/h3-14,18,26H,1-2H3,(H,24,27). The second kappa shape index (κ2) is 8.52. The number of aromatic hydroxyl groups is 1. The smallest absolute Gasteiger partial charge is 0.279 e. The lowest BCUT2D eigenvalue weighted by molar-refractivity contribution is -0.383. The molecule has 2 N–H and O–H groups in total. The molecule has 148 valence electrons. The van der Waals surface area contributed by atoms with Crippen LogP contribution >= 0.6 is 0 Å².